The van der Waals surface area contributed by atoms with Crippen molar-refractivity contribution in [1.29, 1.82) is 0 Å². The number of ether oxygens (including phenoxy) is 2. The second-order valence-corrected chi connectivity index (χ2v) is 7.02. The third-order valence-electron chi connectivity index (χ3n) is 5.47. The van der Waals surface area contributed by atoms with Crippen LogP contribution in [0.3, 0.4) is 0 Å². The fourth-order valence-electron chi connectivity index (χ4n) is 3.27. The monoisotopic (exact) mass is 314 g/mol. The van der Waals surface area contributed by atoms with Crippen molar-refractivity contribution < 1.29 is 24.2 Å². The summed E-state index contributed by atoms with van der Waals surface area (Å²) in [6.45, 7) is 6.65. The number of carbonyl (C=O) groups is 2. The Hall–Kier alpha value is -1.10. The van der Waals surface area contributed by atoms with E-state index in [1.54, 1.807) is 14.0 Å². The molecule has 5 nitrogen and oxygen atoms in total. The molecule has 0 radical (unpaired) electrons. The van der Waals surface area contributed by atoms with E-state index < -0.39 is 16.8 Å². The van der Waals surface area contributed by atoms with Gasteiger partial charge in [-0.25, -0.2) is 0 Å². The standard InChI is InChI=1S/C17H30O5/c1-16(2)13(9-10-17(16,3)15(19)20)14(18)22-12-8-6-5-7-11-21-4/h13H,5-12H2,1-4H3,(H,19,20)/t13-,17+/m1/s1. The van der Waals surface area contributed by atoms with Crippen molar-refractivity contribution in [1.82, 2.24) is 0 Å². The number of rotatable bonds is 9. The Kier molecular flexibility index (Phi) is 6.85. The minimum absolute atomic E-state index is 0.244. The summed E-state index contributed by atoms with van der Waals surface area (Å²) in [5, 5.41) is 9.46. The average Bonchev–Trinajstić information content (AvgIpc) is 2.69. The van der Waals surface area contributed by atoms with Gasteiger partial charge in [-0.15, -0.1) is 0 Å². The number of aliphatic carboxylic acids is 1. The van der Waals surface area contributed by atoms with E-state index in [0.29, 0.717) is 19.4 Å². The first kappa shape index (κ1) is 18.9. The van der Waals surface area contributed by atoms with E-state index in [1.165, 1.54) is 0 Å². The normalized spacial score (nSPS) is 26.8. The number of carbonyl (C=O) groups excluding carboxylic acids is 1. The molecule has 0 aliphatic heterocycles. The van der Waals surface area contributed by atoms with Crippen molar-refractivity contribution in [3.8, 4) is 0 Å². The van der Waals surface area contributed by atoms with Crippen LogP contribution in [0.25, 0.3) is 0 Å². The highest BCUT2D eigenvalue weighted by molar-refractivity contribution is 5.80. The Morgan fingerprint density at radius 1 is 1.09 bits per heavy atom. The zero-order valence-corrected chi connectivity index (χ0v) is 14.3. The molecule has 2 atom stereocenters. The van der Waals surface area contributed by atoms with Gasteiger partial charge < -0.3 is 14.6 Å². The Balaban J connectivity index is 2.39. The van der Waals surface area contributed by atoms with Crippen molar-refractivity contribution >= 4 is 11.9 Å². The number of carboxylic acid groups (broad SMARTS) is 1. The molecule has 128 valence electrons. The predicted octanol–water partition coefficient (Wildman–Crippen LogP) is 3.26. The number of carboxylic acids is 1. The third kappa shape index (κ3) is 4.00. The van der Waals surface area contributed by atoms with Crippen molar-refractivity contribution in [2.75, 3.05) is 20.3 Å². The molecule has 5 heteroatoms. The van der Waals surface area contributed by atoms with Gasteiger partial charge in [0.2, 0.25) is 0 Å². The molecule has 22 heavy (non-hydrogen) atoms. The fourth-order valence-corrected chi connectivity index (χ4v) is 3.27. The van der Waals surface area contributed by atoms with Crippen LogP contribution in [-0.4, -0.2) is 37.4 Å². The molecule has 0 aromatic carbocycles. The Bertz CT molecular complexity index is 391. The summed E-state index contributed by atoms with van der Waals surface area (Å²) in [6.07, 6.45) is 5.05. The van der Waals surface area contributed by atoms with Gasteiger partial charge in [0, 0.05) is 13.7 Å². The van der Waals surface area contributed by atoms with E-state index in [0.717, 1.165) is 32.3 Å². The van der Waals surface area contributed by atoms with Gasteiger partial charge in [0.1, 0.15) is 0 Å². The Morgan fingerprint density at radius 3 is 2.18 bits per heavy atom. The molecular weight excluding hydrogens is 284 g/mol. The number of unbranched alkanes of at least 4 members (excludes halogenated alkanes) is 3. The molecule has 0 unspecified atom stereocenters. The minimum atomic E-state index is -0.864. The zero-order valence-electron chi connectivity index (χ0n) is 14.3. The molecule has 1 fully saturated rings. The number of hydrogen-bond acceptors (Lipinski definition) is 4. The lowest BCUT2D eigenvalue weighted by Crippen LogP contribution is -2.43. The van der Waals surface area contributed by atoms with E-state index in [2.05, 4.69) is 0 Å². The summed E-state index contributed by atoms with van der Waals surface area (Å²) >= 11 is 0. The highest BCUT2D eigenvalue weighted by atomic mass is 16.5. The summed E-state index contributed by atoms with van der Waals surface area (Å²) in [7, 11) is 1.69. The summed E-state index contributed by atoms with van der Waals surface area (Å²) in [4.78, 5) is 23.8. The van der Waals surface area contributed by atoms with Gasteiger partial charge in [-0.3, -0.25) is 9.59 Å². The van der Waals surface area contributed by atoms with Crippen LogP contribution in [0.1, 0.15) is 59.3 Å². The van der Waals surface area contributed by atoms with Crippen LogP contribution in [0, 0.1) is 16.7 Å². The molecule has 0 aromatic rings. The van der Waals surface area contributed by atoms with E-state index >= 15 is 0 Å². The zero-order chi connectivity index (χ0) is 16.8. The van der Waals surface area contributed by atoms with Gasteiger partial charge in [0.05, 0.1) is 17.9 Å². The van der Waals surface area contributed by atoms with Crippen LogP contribution in [0.5, 0.6) is 0 Å². The molecule has 0 bridgehead atoms. The molecule has 0 aromatic heterocycles. The summed E-state index contributed by atoms with van der Waals surface area (Å²) in [5.41, 5.74) is -1.45. The molecular formula is C17H30O5. The van der Waals surface area contributed by atoms with E-state index in [-0.39, 0.29) is 11.9 Å². The highest BCUT2D eigenvalue weighted by Crippen LogP contribution is 2.56. The van der Waals surface area contributed by atoms with Crippen molar-refractivity contribution in [2.45, 2.75) is 59.3 Å². The van der Waals surface area contributed by atoms with E-state index in [4.69, 9.17) is 9.47 Å². The molecule has 1 aliphatic carbocycles. The van der Waals surface area contributed by atoms with Crippen LogP contribution in [0.15, 0.2) is 0 Å². The van der Waals surface area contributed by atoms with Gasteiger partial charge >= 0.3 is 11.9 Å². The lowest BCUT2D eigenvalue weighted by atomic mass is 9.66. The molecule has 0 heterocycles. The SMILES string of the molecule is COCCCCCCOC(=O)[C@H]1CC[C@@](C)(C(=O)O)C1(C)C. The number of methoxy groups -OCH3 is 1. The molecule has 0 spiro atoms. The quantitative estimate of drug-likeness (QED) is 0.522. The van der Waals surface area contributed by atoms with Gasteiger partial charge in [-0.05, 0) is 44.4 Å². The second kappa shape index (κ2) is 7.95. The maximum Gasteiger partial charge on any atom is 0.309 e. The van der Waals surface area contributed by atoms with Crippen LogP contribution in [0.4, 0.5) is 0 Å². The summed E-state index contributed by atoms with van der Waals surface area (Å²) < 4.78 is 10.4. The maximum absolute atomic E-state index is 12.3. The first-order chi connectivity index (χ1) is 10.3. The van der Waals surface area contributed by atoms with E-state index in [9.17, 15) is 14.7 Å². The first-order valence-electron chi connectivity index (χ1n) is 8.16. The fraction of sp³-hybridized carbons (Fsp3) is 0.882. The molecule has 1 saturated carbocycles. The third-order valence-corrected chi connectivity index (χ3v) is 5.47. The summed E-state index contributed by atoms with van der Waals surface area (Å²) in [5.74, 6) is -1.40. The minimum Gasteiger partial charge on any atom is -0.481 e. The molecule has 1 rings (SSSR count). The molecule has 0 saturated heterocycles. The van der Waals surface area contributed by atoms with Crippen LogP contribution in [0.2, 0.25) is 0 Å². The van der Waals surface area contributed by atoms with Gasteiger partial charge in [-0.1, -0.05) is 20.3 Å². The largest absolute Gasteiger partial charge is 0.481 e. The smallest absolute Gasteiger partial charge is 0.309 e. The lowest BCUT2D eigenvalue weighted by molar-refractivity contribution is -0.160. The number of hydrogen-bond donors (Lipinski definition) is 1. The van der Waals surface area contributed by atoms with E-state index in [1.807, 2.05) is 13.8 Å². The van der Waals surface area contributed by atoms with Gasteiger partial charge in [0.25, 0.3) is 0 Å². The molecule has 0 amide bonds. The molecule has 1 aliphatic rings. The van der Waals surface area contributed by atoms with Crippen molar-refractivity contribution in [3.05, 3.63) is 0 Å². The Morgan fingerprint density at radius 2 is 1.68 bits per heavy atom. The van der Waals surface area contributed by atoms with Gasteiger partial charge in [-0.2, -0.15) is 0 Å². The molecule has 1 N–H and O–H groups in total. The van der Waals surface area contributed by atoms with Crippen LogP contribution >= 0.6 is 0 Å². The first-order valence-corrected chi connectivity index (χ1v) is 8.16. The number of esters is 1. The van der Waals surface area contributed by atoms with Gasteiger partial charge in [0.15, 0.2) is 0 Å². The topological polar surface area (TPSA) is 72.8 Å². The van der Waals surface area contributed by atoms with Crippen LogP contribution < -0.4 is 0 Å². The van der Waals surface area contributed by atoms with Crippen LogP contribution in [-0.2, 0) is 19.1 Å². The highest BCUT2D eigenvalue weighted by Gasteiger charge is 2.58. The maximum atomic E-state index is 12.3. The average molecular weight is 314 g/mol. The Labute approximate surface area is 133 Å². The van der Waals surface area contributed by atoms with Crippen molar-refractivity contribution in [3.63, 3.8) is 0 Å². The lowest BCUT2D eigenvalue weighted by Gasteiger charge is -2.37. The predicted molar refractivity (Wildman–Crippen MR) is 83.6 cm³/mol. The second-order valence-electron chi connectivity index (χ2n) is 7.02. The van der Waals surface area contributed by atoms with Crippen molar-refractivity contribution in [2.24, 2.45) is 16.7 Å². The summed E-state index contributed by atoms with van der Waals surface area (Å²) in [6, 6.07) is 0.